The number of alkyl halides is 3. The highest BCUT2D eigenvalue weighted by molar-refractivity contribution is 9.10. The van der Waals surface area contributed by atoms with Crippen LogP contribution in [0.1, 0.15) is 18.1 Å². The summed E-state index contributed by atoms with van der Waals surface area (Å²) in [4.78, 5) is 10.8. The Kier molecular flexibility index (Phi) is 4.95. The molecule has 18 heavy (non-hydrogen) atoms. The molecule has 0 N–H and O–H groups in total. The molecule has 1 rings (SSSR count). The summed E-state index contributed by atoms with van der Waals surface area (Å²) in [5, 5.41) is 0. The van der Waals surface area contributed by atoms with Gasteiger partial charge in [0.25, 0.3) is 0 Å². The van der Waals surface area contributed by atoms with Crippen LogP contribution in [0.2, 0.25) is 0 Å². The molecule has 0 fully saturated rings. The van der Waals surface area contributed by atoms with E-state index in [1.165, 1.54) is 6.08 Å². The number of halogens is 4. The number of hydrogen-bond acceptors (Lipinski definition) is 2. The van der Waals surface area contributed by atoms with Gasteiger partial charge in [0.15, 0.2) is 0 Å². The van der Waals surface area contributed by atoms with Crippen molar-refractivity contribution >= 4 is 21.9 Å². The number of rotatable bonds is 4. The van der Waals surface area contributed by atoms with Crippen molar-refractivity contribution in [3.8, 4) is 0 Å². The lowest BCUT2D eigenvalue weighted by Gasteiger charge is -2.17. The Morgan fingerprint density at radius 3 is 2.39 bits per heavy atom. The maximum Gasteiger partial charge on any atom is 0.490 e. The van der Waals surface area contributed by atoms with Crippen molar-refractivity contribution in [2.45, 2.75) is 18.7 Å². The second-order valence-corrected chi connectivity index (χ2v) is 4.38. The number of ether oxygens (including phenoxy) is 1. The van der Waals surface area contributed by atoms with Gasteiger partial charge in [-0.1, -0.05) is 34.1 Å². The molecule has 0 spiro atoms. The van der Waals surface area contributed by atoms with Crippen LogP contribution >= 0.6 is 15.9 Å². The molecule has 0 amide bonds. The fourth-order valence-electron chi connectivity index (χ4n) is 1.28. The topological polar surface area (TPSA) is 26.3 Å². The third-order valence-corrected chi connectivity index (χ3v) is 2.63. The van der Waals surface area contributed by atoms with Crippen LogP contribution in [0.25, 0.3) is 0 Å². The van der Waals surface area contributed by atoms with Crippen LogP contribution in [-0.2, 0) is 9.53 Å². The predicted octanol–water partition coefficient (Wildman–Crippen LogP) is 4.17. The van der Waals surface area contributed by atoms with Gasteiger partial charge in [0.1, 0.15) is 6.10 Å². The molecule has 1 atom stereocenters. The average molecular weight is 323 g/mol. The lowest BCUT2D eigenvalue weighted by molar-refractivity contribution is -0.205. The van der Waals surface area contributed by atoms with Gasteiger partial charge in [-0.2, -0.15) is 13.2 Å². The molecule has 6 heteroatoms. The molecule has 2 nitrogen and oxygen atoms in total. The lowest BCUT2D eigenvalue weighted by atomic mass is 10.1. The van der Waals surface area contributed by atoms with E-state index in [0.717, 1.165) is 4.47 Å². The van der Waals surface area contributed by atoms with E-state index < -0.39 is 18.2 Å². The maximum absolute atomic E-state index is 12.1. The Morgan fingerprint density at radius 1 is 1.39 bits per heavy atom. The second kappa shape index (κ2) is 6.04. The first kappa shape index (κ1) is 14.8. The van der Waals surface area contributed by atoms with Gasteiger partial charge in [-0.05, 0) is 17.7 Å². The highest BCUT2D eigenvalue weighted by Gasteiger charge is 2.42. The van der Waals surface area contributed by atoms with Crippen LogP contribution in [-0.4, -0.2) is 12.1 Å². The van der Waals surface area contributed by atoms with Crippen LogP contribution in [0.3, 0.4) is 0 Å². The molecule has 0 radical (unpaired) electrons. The molecular formula is C12H10BrF3O2. The van der Waals surface area contributed by atoms with Gasteiger partial charge < -0.3 is 4.74 Å². The Morgan fingerprint density at radius 2 is 1.94 bits per heavy atom. The molecule has 0 bridgehead atoms. The lowest BCUT2D eigenvalue weighted by Crippen LogP contribution is -2.27. The summed E-state index contributed by atoms with van der Waals surface area (Å²) in [5.74, 6) is -2.20. The van der Waals surface area contributed by atoms with E-state index in [4.69, 9.17) is 0 Å². The monoisotopic (exact) mass is 322 g/mol. The quantitative estimate of drug-likeness (QED) is 0.614. The molecule has 0 aromatic heterocycles. The summed E-state index contributed by atoms with van der Waals surface area (Å²) in [5.41, 5.74) is 0.482. The zero-order valence-corrected chi connectivity index (χ0v) is 10.8. The third kappa shape index (κ3) is 4.18. The zero-order chi connectivity index (χ0) is 13.8. The van der Waals surface area contributed by atoms with Gasteiger partial charge in [0.2, 0.25) is 0 Å². The molecule has 0 aliphatic heterocycles. The van der Waals surface area contributed by atoms with E-state index >= 15 is 0 Å². The number of hydrogen-bond donors (Lipinski definition) is 0. The first-order valence-electron chi connectivity index (χ1n) is 4.98. The van der Waals surface area contributed by atoms with Crippen LogP contribution < -0.4 is 0 Å². The number of benzene rings is 1. The molecule has 0 saturated carbocycles. The predicted molar refractivity (Wildman–Crippen MR) is 63.8 cm³/mol. The van der Waals surface area contributed by atoms with Gasteiger partial charge in [0.05, 0.1) is 0 Å². The molecular weight excluding hydrogens is 313 g/mol. The van der Waals surface area contributed by atoms with Gasteiger partial charge in [-0.15, -0.1) is 6.58 Å². The number of carbonyl (C=O) groups is 1. The van der Waals surface area contributed by atoms with Crippen molar-refractivity contribution in [1.29, 1.82) is 0 Å². The second-order valence-electron chi connectivity index (χ2n) is 3.47. The maximum atomic E-state index is 12.1. The van der Waals surface area contributed by atoms with Crippen LogP contribution in [0, 0.1) is 0 Å². The molecule has 1 aromatic rings. The normalized spacial score (nSPS) is 12.9. The average Bonchev–Trinajstić information content (AvgIpc) is 2.28. The van der Waals surface area contributed by atoms with Crippen molar-refractivity contribution in [3.05, 3.63) is 47.0 Å². The minimum Gasteiger partial charge on any atom is -0.451 e. The molecule has 0 heterocycles. The molecule has 0 aliphatic rings. The number of carbonyl (C=O) groups excluding carboxylic acids is 1. The van der Waals surface area contributed by atoms with E-state index in [2.05, 4.69) is 27.2 Å². The van der Waals surface area contributed by atoms with Crippen molar-refractivity contribution in [3.63, 3.8) is 0 Å². The summed E-state index contributed by atoms with van der Waals surface area (Å²) in [7, 11) is 0. The standard InChI is InChI=1S/C12H10BrF3O2/c1-2-3-10(18-11(17)12(14,15)16)8-4-6-9(13)7-5-8/h2,4-7,10H,1,3H2. The minimum atomic E-state index is -4.99. The fraction of sp³-hybridized carbons (Fsp3) is 0.250. The molecule has 0 saturated heterocycles. The largest absolute Gasteiger partial charge is 0.490 e. The summed E-state index contributed by atoms with van der Waals surface area (Å²) in [6.45, 7) is 3.43. The van der Waals surface area contributed by atoms with Gasteiger partial charge >= 0.3 is 12.1 Å². The van der Waals surface area contributed by atoms with Gasteiger partial charge in [-0.3, -0.25) is 0 Å². The summed E-state index contributed by atoms with van der Waals surface area (Å²) in [6.07, 6.45) is -4.46. The van der Waals surface area contributed by atoms with Gasteiger partial charge in [-0.25, -0.2) is 4.79 Å². The first-order chi connectivity index (χ1) is 8.34. The minimum absolute atomic E-state index is 0.115. The van der Waals surface area contributed by atoms with Crippen molar-refractivity contribution in [1.82, 2.24) is 0 Å². The summed E-state index contributed by atoms with van der Waals surface area (Å²) < 4.78 is 41.6. The Labute approximate surface area is 111 Å². The summed E-state index contributed by atoms with van der Waals surface area (Å²) in [6, 6.07) is 6.49. The van der Waals surface area contributed by atoms with E-state index in [0.29, 0.717) is 5.56 Å². The highest BCUT2D eigenvalue weighted by Crippen LogP contribution is 2.27. The van der Waals surface area contributed by atoms with E-state index in [-0.39, 0.29) is 6.42 Å². The molecule has 1 unspecified atom stereocenters. The molecule has 1 aromatic carbocycles. The van der Waals surface area contributed by atoms with Crippen LogP contribution in [0.15, 0.2) is 41.4 Å². The van der Waals surface area contributed by atoms with Crippen LogP contribution in [0.5, 0.6) is 0 Å². The SMILES string of the molecule is C=CCC(OC(=O)C(F)(F)F)c1ccc(Br)cc1. The first-order valence-corrected chi connectivity index (χ1v) is 5.78. The smallest absolute Gasteiger partial charge is 0.451 e. The highest BCUT2D eigenvalue weighted by atomic mass is 79.9. The van der Waals surface area contributed by atoms with Crippen molar-refractivity contribution in [2.75, 3.05) is 0 Å². The zero-order valence-electron chi connectivity index (χ0n) is 9.21. The number of esters is 1. The third-order valence-electron chi connectivity index (χ3n) is 2.10. The molecule has 0 aliphatic carbocycles. The Bertz CT molecular complexity index is 426. The van der Waals surface area contributed by atoms with E-state index in [9.17, 15) is 18.0 Å². The fourth-order valence-corrected chi connectivity index (χ4v) is 1.54. The summed E-state index contributed by atoms with van der Waals surface area (Å²) >= 11 is 3.21. The van der Waals surface area contributed by atoms with E-state index in [1.807, 2.05) is 0 Å². The van der Waals surface area contributed by atoms with E-state index in [1.54, 1.807) is 24.3 Å². The van der Waals surface area contributed by atoms with Crippen molar-refractivity contribution < 1.29 is 22.7 Å². The van der Waals surface area contributed by atoms with Crippen molar-refractivity contribution in [2.24, 2.45) is 0 Å². The Balaban J connectivity index is 2.86. The van der Waals surface area contributed by atoms with Gasteiger partial charge in [0, 0.05) is 10.9 Å². The molecule has 98 valence electrons. The Hall–Kier alpha value is -1.30. The van der Waals surface area contributed by atoms with Crippen LogP contribution in [0.4, 0.5) is 13.2 Å².